The zero-order valence-electron chi connectivity index (χ0n) is 30.7. The number of piperidine rings is 1. The number of aliphatic carboxylic acids is 1. The molecule has 1 atom stereocenters. The molecule has 3 aromatic rings. The number of aryl methyl sites for hydroxylation is 2. The van der Waals surface area contributed by atoms with Gasteiger partial charge in [-0.05, 0) is 82.1 Å². The molecule has 2 aromatic heterocycles. The molecule has 11 heteroatoms. The van der Waals surface area contributed by atoms with Crippen molar-refractivity contribution < 1.29 is 24.1 Å². The summed E-state index contributed by atoms with van der Waals surface area (Å²) in [6, 6.07) is 8.97. The van der Waals surface area contributed by atoms with E-state index in [9.17, 15) is 9.90 Å². The first-order valence-electron chi connectivity index (χ1n) is 18.1. The Bertz CT molecular complexity index is 1720. The summed E-state index contributed by atoms with van der Waals surface area (Å²) < 4.78 is 17.9. The molecule has 4 aliphatic heterocycles. The monoisotopic (exact) mass is 684 g/mol. The fourth-order valence-electron chi connectivity index (χ4n) is 8.02. The number of pyridine rings is 1. The van der Waals surface area contributed by atoms with Gasteiger partial charge in [0.05, 0.1) is 49.8 Å². The van der Waals surface area contributed by atoms with E-state index in [1.54, 1.807) is 0 Å². The van der Waals surface area contributed by atoms with Crippen LogP contribution in [0.25, 0.3) is 11.1 Å². The van der Waals surface area contributed by atoms with Crippen LogP contribution < -0.4 is 14.7 Å². The number of anilines is 3. The van der Waals surface area contributed by atoms with E-state index in [4.69, 9.17) is 24.2 Å². The largest absolute Gasteiger partial charge is 0.479 e. The number of benzene rings is 1. The number of ether oxygens (including phenoxy) is 3. The average molecular weight is 685 g/mol. The second-order valence-electron chi connectivity index (χ2n) is 16.2. The molecule has 0 spiro atoms. The molecule has 11 nitrogen and oxygen atoms in total. The van der Waals surface area contributed by atoms with Crippen LogP contribution in [-0.4, -0.2) is 89.8 Å². The zero-order chi connectivity index (χ0) is 35.4. The summed E-state index contributed by atoms with van der Waals surface area (Å²) in [6.45, 7) is 20.1. The lowest BCUT2D eigenvalue weighted by molar-refractivity contribution is -0.160. The fourth-order valence-corrected chi connectivity index (χ4v) is 8.02. The highest BCUT2D eigenvalue weighted by molar-refractivity contribution is 5.88. The Balaban J connectivity index is 1.23. The molecule has 0 amide bonds. The predicted molar refractivity (Wildman–Crippen MR) is 194 cm³/mol. The number of rotatable bonds is 7. The number of aromatic nitrogens is 3. The van der Waals surface area contributed by atoms with Gasteiger partial charge in [-0.25, -0.2) is 9.78 Å². The van der Waals surface area contributed by atoms with Gasteiger partial charge in [0.2, 0.25) is 5.95 Å². The second kappa shape index (κ2) is 13.4. The number of nitrogens with zero attached hydrogens (tertiary/aromatic N) is 6. The van der Waals surface area contributed by atoms with Crippen molar-refractivity contribution in [1.82, 2.24) is 15.0 Å². The van der Waals surface area contributed by atoms with Gasteiger partial charge in [0.15, 0.2) is 6.10 Å². The van der Waals surface area contributed by atoms with Gasteiger partial charge in [-0.3, -0.25) is 4.98 Å². The molecule has 4 aliphatic rings. The molecule has 3 fully saturated rings. The van der Waals surface area contributed by atoms with Crippen LogP contribution in [0.3, 0.4) is 0 Å². The first kappa shape index (κ1) is 34.6. The molecule has 50 heavy (non-hydrogen) atoms. The zero-order valence-corrected chi connectivity index (χ0v) is 30.7. The molecule has 0 radical (unpaired) electrons. The third-order valence-electron chi connectivity index (χ3n) is 10.7. The van der Waals surface area contributed by atoms with E-state index in [2.05, 4.69) is 51.7 Å². The van der Waals surface area contributed by atoms with Gasteiger partial charge >= 0.3 is 5.97 Å². The third-order valence-corrected chi connectivity index (χ3v) is 10.7. The lowest BCUT2D eigenvalue weighted by atomic mass is 9.81. The smallest absolute Gasteiger partial charge is 0.337 e. The molecule has 3 saturated heterocycles. The molecular weight excluding hydrogens is 632 g/mol. The first-order valence-corrected chi connectivity index (χ1v) is 18.1. The Hall–Kier alpha value is -3.80. The van der Waals surface area contributed by atoms with Gasteiger partial charge in [-0.15, -0.1) is 0 Å². The number of carboxylic acid groups (broad SMARTS) is 1. The highest BCUT2D eigenvalue weighted by Crippen LogP contribution is 2.45. The Morgan fingerprint density at radius 2 is 1.62 bits per heavy atom. The van der Waals surface area contributed by atoms with Crippen molar-refractivity contribution >= 4 is 23.4 Å². The van der Waals surface area contributed by atoms with Crippen LogP contribution >= 0.6 is 0 Å². The molecule has 268 valence electrons. The van der Waals surface area contributed by atoms with Gasteiger partial charge in [-0.2, -0.15) is 4.98 Å². The SMILES string of the molecule is Cc1nc(C)c(C(OC(C)(C)C)C(=O)O)c(N2CCC(C)(C)CC2)c1-c1ccc2c(c1)CCN(c1ccnc(N3C4COCC3COC4)n1)C2. The molecule has 1 unspecified atom stereocenters. The number of hydrogen-bond acceptors (Lipinski definition) is 10. The minimum atomic E-state index is -1.14. The van der Waals surface area contributed by atoms with E-state index < -0.39 is 17.7 Å². The fraction of sp³-hybridized carbons (Fsp3) is 0.590. The predicted octanol–water partition coefficient (Wildman–Crippen LogP) is 5.89. The van der Waals surface area contributed by atoms with Crippen LogP contribution in [0.2, 0.25) is 0 Å². The first-order chi connectivity index (χ1) is 23.8. The topological polar surface area (TPSA) is 113 Å². The Morgan fingerprint density at radius 3 is 2.26 bits per heavy atom. The summed E-state index contributed by atoms with van der Waals surface area (Å²) in [6.07, 6.45) is 3.64. The van der Waals surface area contributed by atoms with E-state index in [-0.39, 0.29) is 17.5 Å². The molecule has 1 aromatic carbocycles. The Labute approximate surface area is 296 Å². The quantitative estimate of drug-likeness (QED) is 0.322. The number of carbonyl (C=O) groups is 1. The van der Waals surface area contributed by atoms with Crippen LogP contribution in [0.5, 0.6) is 0 Å². The average Bonchev–Trinajstić information content (AvgIpc) is 3.06. The number of fused-ring (bicyclic) bond motifs is 3. The summed E-state index contributed by atoms with van der Waals surface area (Å²) in [5, 5.41) is 10.6. The van der Waals surface area contributed by atoms with Crippen molar-refractivity contribution in [2.24, 2.45) is 5.41 Å². The summed E-state index contributed by atoms with van der Waals surface area (Å²) in [4.78, 5) is 34.6. The third kappa shape index (κ3) is 6.92. The van der Waals surface area contributed by atoms with Crippen molar-refractivity contribution in [3.8, 4) is 11.1 Å². The molecule has 7 rings (SSSR count). The highest BCUT2D eigenvalue weighted by atomic mass is 16.5. The molecule has 1 N–H and O–H groups in total. The maximum atomic E-state index is 12.9. The van der Waals surface area contributed by atoms with Crippen molar-refractivity contribution in [3.05, 3.63) is 58.5 Å². The molecule has 0 saturated carbocycles. The van der Waals surface area contributed by atoms with Crippen LogP contribution in [-0.2, 0) is 32.0 Å². The maximum Gasteiger partial charge on any atom is 0.337 e. The normalized spacial score (nSPS) is 22.7. The summed E-state index contributed by atoms with van der Waals surface area (Å²) in [7, 11) is 0. The van der Waals surface area contributed by atoms with Gasteiger partial charge in [0, 0.05) is 54.9 Å². The standard InChI is InChI=1S/C39H52N6O5/c1-24-32(34(43-16-12-39(6,7)13-17-43)33(25(2)41-24)35(36(46)47)50-38(3,4)5)27-8-9-28-19-44(15-11-26(28)18-27)31-10-14-40-37(42-31)45-29-20-48-22-30(45)23-49-21-29/h8-10,14,18,29-30,35H,11-13,15-17,19-23H2,1-7H3,(H,46,47). The maximum absolute atomic E-state index is 12.9. The minimum Gasteiger partial charge on any atom is -0.479 e. The molecule has 0 aliphatic carbocycles. The van der Waals surface area contributed by atoms with Gasteiger partial charge in [0.1, 0.15) is 5.82 Å². The van der Waals surface area contributed by atoms with E-state index >= 15 is 0 Å². The summed E-state index contributed by atoms with van der Waals surface area (Å²) in [5.41, 5.74) is 7.41. The van der Waals surface area contributed by atoms with Crippen LogP contribution in [0.15, 0.2) is 30.5 Å². The van der Waals surface area contributed by atoms with Crippen LogP contribution in [0.4, 0.5) is 17.5 Å². The number of carboxylic acids is 1. The number of morpholine rings is 2. The van der Waals surface area contributed by atoms with Gasteiger partial charge < -0.3 is 34.0 Å². The van der Waals surface area contributed by atoms with E-state index in [0.717, 1.165) is 79.7 Å². The Kier molecular flexibility index (Phi) is 9.28. The minimum absolute atomic E-state index is 0.130. The summed E-state index contributed by atoms with van der Waals surface area (Å²) in [5.74, 6) is 0.668. The van der Waals surface area contributed by atoms with Crippen molar-refractivity contribution in [2.45, 2.75) is 98.1 Å². The lowest BCUT2D eigenvalue weighted by Crippen LogP contribution is -2.60. The number of hydrogen-bond donors (Lipinski definition) is 1. The van der Waals surface area contributed by atoms with Gasteiger partial charge in [0.25, 0.3) is 0 Å². The molecular formula is C39H52N6O5. The van der Waals surface area contributed by atoms with E-state index in [0.29, 0.717) is 37.7 Å². The summed E-state index contributed by atoms with van der Waals surface area (Å²) >= 11 is 0. The highest BCUT2D eigenvalue weighted by Gasteiger charge is 2.39. The Morgan fingerprint density at radius 1 is 0.940 bits per heavy atom. The van der Waals surface area contributed by atoms with Crippen LogP contribution in [0, 0.1) is 19.3 Å². The second-order valence-corrected chi connectivity index (χ2v) is 16.2. The molecule has 2 bridgehead atoms. The van der Waals surface area contributed by atoms with Gasteiger partial charge in [-0.1, -0.05) is 32.0 Å². The van der Waals surface area contributed by atoms with E-state index in [1.165, 1.54) is 11.1 Å². The van der Waals surface area contributed by atoms with Crippen molar-refractivity contribution in [1.29, 1.82) is 0 Å². The lowest BCUT2D eigenvalue weighted by Gasteiger charge is -2.45. The van der Waals surface area contributed by atoms with Crippen molar-refractivity contribution in [2.75, 3.05) is 60.8 Å². The van der Waals surface area contributed by atoms with Crippen LogP contribution in [0.1, 0.15) is 81.6 Å². The van der Waals surface area contributed by atoms with E-state index in [1.807, 2.05) is 46.9 Å². The van der Waals surface area contributed by atoms with Crippen molar-refractivity contribution in [3.63, 3.8) is 0 Å². The molecule has 6 heterocycles.